The Bertz CT molecular complexity index is 537. The summed E-state index contributed by atoms with van der Waals surface area (Å²) in [6.45, 7) is 16.2. The van der Waals surface area contributed by atoms with Crippen LogP contribution < -0.4 is 5.32 Å². The number of carbonyl (C=O) groups excluding carboxylic acids is 1. The van der Waals surface area contributed by atoms with Gasteiger partial charge >= 0.3 is 0 Å². The van der Waals surface area contributed by atoms with Crippen molar-refractivity contribution in [3.8, 4) is 0 Å². The van der Waals surface area contributed by atoms with Gasteiger partial charge in [0.15, 0.2) is 0 Å². The predicted octanol–water partition coefficient (Wildman–Crippen LogP) is 5.61. The van der Waals surface area contributed by atoms with Crippen LogP contribution in [0.2, 0.25) is 0 Å². The Hall–Kier alpha value is -1.38. The summed E-state index contributed by atoms with van der Waals surface area (Å²) >= 11 is 0. The molecule has 0 aliphatic carbocycles. The molecule has 2 nitrogen and oxygen atoms in total. The summed E-state index contributed by atoms with van der Waals surface area (Å²) in [7, 11) is 0. The fraction of sp³-hybridized carbons (Fsp3) is 0.682. The van der Waals surface area contributed by atoms with Crippen LogP contribution in [0, 0.1) is 28.5 Å². The fourth-order valence-corrected chi connectivity index (χ4v) is 3.09. The Kier molecular flexibility index (Phi) is 7.64. The first-order valence-corrected chi connectivity index (χ1v) is 9.42. The molecule has 1 saturated heterocycles. The van der Waals surface area contributed by atoms with E-state index in [1.807, 2.05) is 12.1 Å². The first kappa shape index (κ1) is 21.7. The van der Waals surface area contributed by atoms with Gasteiger partial charge in [0.05, 0.1) is 0 Å². The van der Waals surface area contributed by atoms with E-state index in [4.69, 9.17) is 0 Å². The minimum Gasteiger partial charge on any atom is -0.356 e. The average molecular weight is 350 g/mol. The number of carbonyl (C=O) groups is 1. The van der Waals surface area contributed by atoms with Gasteiger partial charge in [-0.2, -0.15) is 0 Å². The first-order valence-electron chi connectivity index (χ1n) is 9.42. The Balaban J connectivity index is 0.000000251. The van der Waals surface area contributed by atoms with E-state index in [1.165, 1.54) is 17.7 Å². The highest BCUT2D eigenvalue weighted by atomic mass is 19.1. The summed E-state index contributed by atoms with van der Waals surface area (Å²) in [4.78, 5) is 11.6. The van der Waals surface area contributed by atoms with E-state index in [9.17, 15) is 9.18 Å². The number of halogens is 1. The smallest absolute Gasteiger partial charge is 0.223 e. The van der Waals surface area contributed by atoms with Crippen molar-refractivity contribution in [1.82, 2.24) is 5.32 Å². The van der Waals surface area contributed by atoms with Crippen LogP contribution in [-0.2, 0) is 11.2 Å². The Morgan fingerprint density at radius 1 is 1.12 bits per heavy atom. The van der Waals surface area contributed by atoms with Crippen molar-refractivity contribution in [2.75, 3.05) is 6.54 Å². The highest BCUT2D eigenvalue weighted by Gasteiger charge is 2.34. The number of rotatable bonds is 2. The van der Waals surface area contributed by atoms with Crippen molar-refractivity contribution in [3.05, 3.63) is 35.6 Å². The van der Waals surface area contributed by atoms with E-state index < -0.39 is 0 Å². The lowest BCUT2D eigenvalue weighted by atomic mass is 9.72. The van der Waals surface area contributed by atoms with Gasteiger partial charge in [0.2, 0.25) is 5.91 Å². The molecule has 2 rings (SSSR count). The van der Waals surface area contributed by atoms with Crippen LogP contribution in [0.5, 0.6) is 0 Å². The van der Waals surface area contributed by atoms with Gasteiger partial charge in [0.25, 0.3) is 0 Å². The van der Waals surface area contributed by atoms with Gasteiger partial charge < -0.3 is 5.32 Å². The Labute approximate surface area is 153 Å². The van der Waals surface area contributed by atoms with Gasteiger partial charge in [-0.05, 0) is 53.7 Å². The molecule has 0 aromatic heterocycles. The van der Waals surface area contributed by atoms with Gasteiger partial charge in [-0.1, -0.05) is 60.6 Å². The van der Waals surface area contributed by atoms with Gasteiger partial charge in [-0.3, -0.25) is 4.79 Å². The number of hydrogen-bond donors (Lipinski definition) is 1. The van der Waals surface area contributed by atoms with Crippen LogP contribution in [0.4, 0.5) is 4.39 Å². The van der Waals surface area contributed by atoms with Crippen molar-refractivity contribution < 1.29 is 9.18 Å². The lowest BCUT2D eigenvalue weighted by Gasteiger charge is -2.35. The molecule has 1 aliphatic heterocycles. The van der Waals surface area contributed by atoms with Gasteiger partial charge in [0, 0.05) is 12.5 Å². The van der Waals surface area contributed by atoms with E-state index in [-0.39, 0.29) is 28.5 Å². The zero-order chi connectivity index (χ0) is 19.3. The molecular formula is C22H36FNO. The van der Waals surface area contributed by atoms with Crippen LogP contribution in [0.1, 0.15) is 66.9 Å². The largest absolute Gasteiger partial charge is 0.356 e. The van der Waals surface area contributed by atoms with Crippen molar-refractivity contribution in [3.63, 3.8) is 0 Å². The lowest BCUT2D eigenvalue weighted by molar-refractivity contribution is -0.129. The molecule has 0 saturated carbocycles. The molecular weight excluding hydrogens is 313 g/mol. The van der Waals surface area contributed by atoms with Gasteiger partial charge in [-0.15, -0.1) is 0 Å². The zero-order valence-electron chi connectivity index (χ0n) is 17.1. The van der Waals surface area contributed by atoms with Gasteiger partial charge in [0.1, 0.15) is 5.82 Å². The Morgan fingerprint density at radius 3 is 2.12 bits per heavy atom. The Morgan fingerprint density at radius 2 is 1.68 bits per heavy atom. The topological polar surface area (TPSA) is 29.1 Å². The average Bonchev–Trinajstić information content (AvgIpc) is 2.48. The molecule has 0 spiro atoms. The summed E-state index contributed by atoms with van der Waals surface area (Å²) in [5.41, 5.74) is 1.71. The second-order valence-electron chi connectivity index (χ2n) is 9.56. The van der Waals surface area contributed by atoms with E-state index in [2.05, 4.69) is 53.8 Å². The maximum Gasteiger partial charge on any atom is 0.223 e. The fourth-order valence-electron chi connectivity index (χ4n) is 3.09. The standard InChI is InChI=1S/C11H15F.C11H21NO/c1-11(2,3)8-9-4-6-10(12)7-5-9;1-8(11(2,3)4)9-6-5-7-12-10(9)13/h4-7H,8H2,1-3H3;8-9H,5-7H2,1-4H3,(H,12,13)/t;8?,9-/m.0/s1. The van der Waals surface area contributed by atoms with Crippen LogP contribution in [0.3, 0.4) is 0 Å². The summed E-state index contributed by atoms with van der Waals surface area (Å²) in [5.74, 6) is 0.794. The lowest BCUT2D eigenvalue weighted by Crippen LogP contribution is -2.42. The van der Waals surface area contributed by atoms with Gasteiger partial charge in [-0.25, -0.2) is 4.39 Å². The van der Waals surface area contributed by atoms with E-state index in [0.717, 1.165) is 25.8 Å². The second-order valence-corrected chi connectivity index (χ2v) is 9.56. The van der Waals surface area contributed by atoms with E-state index in [1.54, 1.807) is 0 Å². The normalized spacial score (nSPS) is 19.5. The van der Waals surface area contributed by atoms with Crippen molar-refractivity contribution in [2.24, 2.45) is 22.7 Å². The summed E-state index contributed by atoms with van der Waals surface area (Å²) < 4.78 is 12.5. The molecule has 1 fully saturated rings. The molecule has 1 aromatic rings. The number of hydrogen-bond acceptors (Lipinski definition) is 1. The molecule has 1 heterocycles. The minimum absolute atomic E-state index is 0.160. The van der Waals surface area contributed by atoms with E-state index >= 15 is 0 Å². The molecule has 1 amide bonds. The predicted molar refractivity (Wildman–Crippen MR) is 104 cm³/mol. The molecule has 3 heteroatoms. The molecule has 1 unspecified atom stereocenters. The maximum atomic E-state index is 12.5. The van der Waals surface area contributed by atoms with E-state index in [0.29, 0.717) is 5.92 Å². The van der Waals surface area contributed by atoms with Crippen molar-refractivity contribution in [1.29, 1.82) is 0 Å². The monoisotopic (exact) mass is 349 g/mol. The summed E-state index contributed by atoms with van der Waals surface area (Å²) in [6, 6.07) is 6.73. The molecule has 1 aliphatic rings. The molecule has 0 bridgehead atoms. The third-order valence-electron chi connectivity index (χ3n) is 4.95. The molecule has 2 atom stereocenters. The molecule has 0 radical (unpaired) electrons. The maximum absolute atomic E-state index is 12.5. The van der Waals surface area contributed by atoms with Crippen LogP contribution in [0.15, 0.2) is 24.3 Å². The van der Waals surface area contributed by atoms with Crippen LogP contribution in [0.25, 0.3) is 0 Å². The van der Waals surface area contributed by atoms with Crippen molar-refractivity contribution >= 4 is 5.91 Å². The molecule has 1 aromatic carbocycles. The third-order valence-corrected chi connectivity index (χ3v) is 4.95. The SMILES string of the molecule is CC(C)(C)Cc1ccc(F)cc1.CC([C@@H]1CCCNC1=O)C(C)(C)C. The molecule has 1 N–H and O–H groups in total. The quantitative estimate of drug-likeness (QED) is 0.739. The number of nitrogens with one attached hydrogen (secondary N) is 1. The highest BCUT2D eigenvalue weighted by Crippen LogP contribution is 2.35. The number of piperidine rings is 1. The second kappa shape index (κ2) is 8.82. The third kappa shape index (κ3) is 8.02. The first-order chi connectivity index (χ1) is 11.4. The molecule has 142 valence electrons. The number of amides is 1. The molecule has 25 heavy (non-hydrogen) atoms. The van der Waals surface area contributed by atoms with Crippen LogP contribution in [-0.4, -0.2) is 12.5 Å². The minimum atomic E-state index is -0.160. The summed E-state index contributed by atoms with van der Waals surface area (Å²) in [6.07, 6.45) is 3.19. The number of benzene rings is 1. The zero-order valence-corrected chi connectivity index (χ0v) is 17.1. The summed E-state index contributed by atoms with van der Waals surface area (Å²) in [5, 5.41) is 2.95. The highest BCUT2D eigenvalue weighted by molar-refractivity contribution is 5.79. The van der Waals surface area contributed by atoms with Crippen molar-refractivity contribution in [2.45, 2.75) is 67.7 Å². The van der Waals surface area contributed by atoms with Crippen LogP contribution >= 0.6 is 0 Å².